The van der Waals surface area contributed by atoms with Crippen molar-refractivity contribution in [2.75, 3.05) is 0 Å². The van der Waals surface area contributed by atoms with Gasteiger partial charge in [0, 0.05) is 0 Å². The van der Waals surface area contributed by atoms with Crippen LogP contribution in [0.3, 0.4) is 0 Å². The van der Waals surface area contributed by atoms with E-state index in [-0.39, 0.29) is 11.5 Å². The first-order valence-electron chi connectivity index (χ1n) is 7.21. The van der Waals surface area contributed by atoms with E-state index in [0.29, 0.717) is 11.5 Å². The van der Waals surface area contributed by atoms with E-state index in [0.717, 1.165) is 0 Å². The second-order valence-corrected chi connectivity index (χ2v) is 6.28. The molecule has 0 aromatic heterocycles. The Kier molecular flexibility index (Phi) is 4.73. The summed E-state index contributed by atoms with van der Waals surface area (Å²) in [5.41, 5.74) is 0. The fourth-order valence-electron chi connectivity index (χ4n) is 1.91. The van der Waals surface area contributed by atoms with Crippen molar-refractivity contribution in [2.45, 2.75) is 0 Å². The van der Waals surface area contributed by atoms with E-state index >= 15 is 0 Å². The smallest absolute Gasteiger partial charge is 0.508 e. The normalized spacial score (nSPS) is 10.8. The lowest BCUT2D eigenvalue weighted by Gasteiger charge is -2.19. The summed E-state index contributed by atoms with van der Waals surface area (Å²) < 4.78 is 29.5. The monoisotopic (exact) mass is 342 g/mol. The minimum atomic E-state index is -3.98. The maximum absolute atomic E-state index is 13.1. The second kappa shape index (κ2) is 7.11. The zero-order chi connectivity index (χ0) is 16.8. The van der Waals surface area contributed by atoms with Gasteiger partial charge in [-0.2, -0.15) is 4.57 Å². The number of hydrogen-bond acceptors (Lipinski definition) is 5. The molecule has 0 aliphatic carbocycles. The maximum atomic E-state index is 13.1. The minimum absolute atomic E-state index is 0.0742. The summed E-state index contributed by atoms with van der Waals surface area (Å²) in [5.74, 6) is 1.04. The first kappa shape index (κ1) is 16.0. The molecule has 0 atom stereocenters. The predicted molar refractivity (Wildman–Crippen MR) is 90.5 cm³/mol. The Morgan fingerprint density at radius 2 is 0.958 bits per heavy atom. The van der Waals surface area contributed by atoms with Crippen molar-refractivity contribution in [1.29, 1.82) is 0 Å². The number of aromatic hydroxyl groups is 1. The number of hydrogen-bond donors (Lipinski definition) is 1. The van der Waals surface area contributed by atoms with Gasteiger partial charge in [-0.25, -0.2) is 0 Å². The summed E-state index contributed by atoms with van der Waals surface area (Å²) in [6.45, 7) is 0. The average molecular weight is 342 g/mol. The molecule has 3 rings (SSSR count). The molecule has 5 nitrogen and oxygen atoms in total. The summed E-state index contributed by atoms with van der Waals surface area (Å²) in [6, 6.07) is 23.1. The number of benzene rings is 3. The van der Waals surface area contributed by atoms with E-state index in [4.69, 9.17) is 13.6 Å². The largest absolute Gasteiger partial charge is 0.647 e. The Morgan fingerprint density at radius 1 is 0.583 bits per heavy atom. The molecule has 0 radical (unpaired) electrons. The Hall–Kier alpha value is -2.91. The SMILES string of the molecule is O=P(Oc1ccccc1)(Oc1ccccc1)Oc1ccc(O)cc1. The highest BCUT2D eigenvalue weighted by Crippen LogP contribution is 2.49. The van der Waals surface area contributed by atoms with Crippen LogP contribution in [0.4, 0.5) is 0 Å². The van der Waals surface area contributed by atoms with Crippen molar-refractivity contribution < 1.29 is 23.2 Å². The highest BCUT2D eigenvalue weighted by Gasteiger charge is 2.33. The fourth-order valence-corrected chi connectivity index (χ4v) is 3.16. The van der Waals surface area contributed by atoms with E-state index in [2.05, 4.69) is 0 Å². The summed E-state index contributed by atoms with van der Waals surface area (Å²) in [6.07, 6.45) is 0. The Bertz CT molecular complexity index is 774. The van der Waals surface area contributed by atoms with Gasteiger partial charge in [0.2, 0.25) is 0 Å². The summed E-state index contributed by atoms with van der Waals surface area (Å²) >= 11 is 0. The van der Waals surface area contributed by atoms with E-state index in [1.54, 1.807) is 48.5 Å². The molecule has 0 aliphatic heterocycles. The molecule has 0 unspecified atom stereocenters. The number of phosphoric acid groups is 1. The maximum Gasteiger partial charge on any atom is 0.647 e. The number of phosphoric ester groups is 1. The van der Waals surface area contributed by atoms with Crippen LogP contribution in [0.25, 0.3) is 0 Å². The lowest BCUT2D eigenvalue weighted by atomic mass is 10.3. The lowest BCUT2D eigenvalue weighted by Crippen LogP contribution is -2.07. The van der Waals surface area contributed by atoms with Gasteiger partial charge in [0.15, 0.2) is 0 Å². The molecule has 3 aromatic carbocycles. The van der Waals surface area contributed by atoms with Crippen LogP contribution in [-0.4, -0.2) is 5.11 Å². The molecule has 0 heterocycles. The minimum Gasteiger partial charge on any atom is -0.508 e. The van der Waals surface area contributed by atoms with Crippen LogP contribution in [0.2, 0.25) is 0 Å². The van der Waals surface area contributed by atoms with E-state index in [9.17, 15) is 9.67 Å². The van der Waals surface area contributed by atoms with Crippen LogP contribution < -0.4 is 13.6 Å². The molecule has 0 saturated carbocycles. The van der Waals surface area contributed by atoms with Gasteiger partial charge in [0.25, 0.3) is 0 Å². The molecule has 0 bridgehead atoms. The van der Waals surface area contributed by atoms with Gasteiger partial charge in [0.1, 0.15) is 23.0 Å². The van der Waals surface area contributed by atoms with E-state index in [1.807, 2.05) is 12.1 Å². The first-order chi connectivity index (χ1) is 11.6. The number of rotatable bonds is 6. The Morgan fingerprint density at radius 3 is 1.38 bits per heavy atom. The molecule has 0 amide bonds. The molecular formula is C18H15O5P. The Labute approximate surface area is 139 Å². The fraction of sp³-hybridized carbons (Fsp3) is 0. The van der Waals surface area contributed by atoms with Crippen LogP contribution in [0.15, 0.2) is 84.9 Å². The second-order valence-electron chi connectivity index (χ2n) is 4.84. The van der Waals surface area contributed by atoms with Crippen LogP contribution in [0.5, 0.6) is 23.0 Å². The summed E-state index contributed by atoms with van der Waals surface area (Å²) in [5, 5.41) is 9.34. The van der Waals surface area contributed by atoms with Gasteiger partial charge in [-0.3, -0.25) is 0 Å². The van der Waals surface area contributed by atoms with Crippen molar-refractivity contribution in [3.63, 3.8) is 0 Å². The van der Waals surface area contributed by atoms with Crippen LogP contribution in [-0.2, 0) is 4.57 Å². The zero-order valence-electron chi connectivity index (χ0n) is 12.6. The van der Waals surface area contributed by atoms with Gasteiger partial charge < -0.3 is 18.7 Å². The number of para-hydroxylation sites is 2. The van der Waals surface area contributed by atoms with Crippen molar-refractivity contribution in [1.82, 2.24) is 0 Å². The van der Waals surface area contributed by atoms with E-state index < -0.39 is 7.82 Å². The number of phenolic OH excluding ortho intramolecular Hbond substituents is 1. The quantitative estimate of drug-likeness (QED) is 0.636. The average Bonchev–Trinajstić information content (AvgIpc) is 2.58. The summed E-state index contributed by atoms with van der Waals surface area (Å²) in [4.78, 5) is 0. The third-order valence-corrected chi connectivity index (χ3v) is 4.28. The zero-order valence-corrected chi connectivity index (χ0v) is 13.5. The molecule has 6 heteroatoms. The van der Waals surface area contributed by atoms with Gasteiger partial charge in [-0.1, -0.05) is 36.4 Å². The molecule has 0 aliphatic rings. The van der Waals surface area contributed by atoms with Crippen LogP contribution >= 0.6 is 7.82 Å². The van der Waals surface area contributed by atoms with E-state index in [1.165, 1.54) is 24.3 Å². The van der Waals surface area contributed by atoms with Crippen LogP contribution in [0, 0.1) is 0 Å². The van der Waals surface area contributed by atoms with Gasteiger partial charge in [0.05, 0.1) is 0 Å². The highest BCUT2D eigenvalue weighted by atomic mass is 31.2. The molecular weight excluding hydrogens is 327 g/mol. The molecule has 1 N–H and O–H groups in total. The first-order valence-corrected chi connectivity index (χ1v) is 8.67. The number of phenols is 1. The lowest BCUT2D eigenvalue weighted by molar-refractivity contribution is 0.298. The molecule has 0 fully saturated rings. The highest BCUT2D eigenvalue weighted by molar-refractivity contribution is 7.49. The predicted octanol–water partition coefficient (Wildman–Crippen LogP) is 5.04. The van der Waals surface area contributed by atoms with Crippen molar-refractivity contribution in [3.8, 4) is 23.0 Å². The molecule has 0 saturated heterocycles. The van der Waals surface area contributed by atoms with Crippen molar-refractivity contribution in [3.05, 3.63) is 84.9 Å². The van der Waals surface area contributed by atoms with Gasteiger partial charge >= 0.3 is 7.82 Å². The van der Waals surface area contributed by atoms with Crippen molar-refractivity contribution in [2.24, 2.45) is 0 Å². The standard InChI is InChI=1S/C18H15O5P/c19-15-11-13-18(14-12-15)23-24(20,21-16-7-3-1-4-8-16)22-17-9-5-2-6-10-17/h1-14,19H. The molecule has 3 aromatic rings. The third kappa shape index (κ3) is 4.31. The topological polar surface area (TPSA) is 65.0 Å². The van der Waals surface area contributed by atoms with Crippen molar-refractivity contribution >= 4 is 7.82 Å². The molecule has 24 heavy (non-hydrogen) atoms. The van der Waals surface area contributed by atoms with Gasteiger partial charge in [-0.15, -0.1) is 0 Å². The van der Waals surface area contributed by atoms with Gasteiger partial charge in [-0.05, 0) is 48.5 Å². The molecule has 0 spiro atoms. The Balaban J connectivity index is 1.87. The summed E-state index contributed by atoms with van der Waals surface area (Å²) in [7, 11) is -3.98. The molecule has 122 valence electrons. The van der Waals surface area contributed by atoms with Crippen LogP contribution in [0.1, 0.15) is 0 Å². The third-order valence-electron chi connectivity index (χ3n) is 2.97.